The van der Waals surface area contributed by atoms with Crippen molar-refractivity contribution in [2.75, 3.05) is 6.79 Å². The van der Waals surface area contributed by atoms with Crippen molar-refractivity contribution < 1.29 is 14.3 Å². The van der Waals surface area contributed by atoms with Gasteiger partial charge in [-0.1, -0.05) is 37.0 Å². The molecule has 1 N–H and O–H groups in total. The summed E-state index contributed by atoms with van der Waals surface area (Å²) in [6.45, 7) is 4.22. The van der Waals surface area contributed by atoms with Gasteiger partial charge in [-0.05, 0) is 41.2 Å². The van der Waals surface area contributed by atoms with E-state index in [1.807, 2.05) is 19.9 Å². The van der Waals surface area contributed by atoms with Gasteiger partial charge in [0, 0.05) is 0 Å². The van der Waals surface area contributed by atoms with Crippen LogP contribution in [0.1, 0.15) is 19.4 Å². The van der Waals surface area contributed by atoms with Gasteiger partial charge in [0.1, 0.15) is 4.49 Å². The number of hydrogen-bond acceptors (Lipinski definition) is 4. The van der Waals surface area contributed by atoms with Gasteiger partial charge in [-0.25, -0.2) is 5.43 Å². The third-order valence-corrected chi connectivity index (χ3v) is 4.54. The maximum atomic E-state index is 12.2. The van der Waals surface area contributed by atoms with Crippen LogP contribution < -0.4 is 14.9 Å². The molecule has 0 aromatic heterocycles. The molecule has 1 heterocycles. The van der Waals surface area contributed by atoms with Crippen molar-refractivity contribution in [3.8, 4) is 11.5 Å². The van der Waals surface area contributed by atoms with Crippen LogP contribution in [-0.2, 0) is 4.79 Å². The molecular weight excluding hydrogens is 339 g/mol. The summed E-state index contributed by atoms with van der Waals surface area (Å²) in [7, 11) is 0. The van der Waals surface area contributed by atoms with Gasteiger partial charge < -0.3 is 9.47 Å². The number of carbonyl (C=O) groups is 1. The van der Waals surface area contributed by atoms with Crippen LogP contribution in [0.3, 0.4) is 0 Å². The van der Waals surface area contributed by atoms with E-state index in [1.54, 1.807) is 24.4 Å². The second-order valence-electron chi connectivity index (χ2n) is 6.13. The molecule has 3 rings (SSSR count). The molecule has 2 aliphatic rings. The Morgan fingerprint density at radius 2 is 2.09 bits per heavy atom. The maximum Gasteiger partial charge on any atom is 0.244 e. The van der Waals surface area contributed by atoms with Gasteiger partial charge in [0.2, 0.25) is 12.7 Å². The average Bonchev–Trinajstić information content (AvgIpc) is 2.85. The van der Waals surface area contributed by atoms with Crippen molar-refractivity contribution in [2.24, 2.45) is 22.4 Å². The molecule has 7 heteroatoms. The van der Waals surface area contributed by atoms with Crippen molar-refractivity contribution >= 4 is 35.3 Å². The minimum Gasteiger partial charge on any atom is -0.454 e. The van der Waals surface area contributed by atoms with Crippen LogP contribution in [0.4, 0.5) is 0 Å². The smallest absolute Gasteiger partial charge is 0.244 e. The monoisotopic (exact) mass is 354 g/mol. The number of carbonyl (C=O) groups excluding carboxylic acids is 1. The van der Waals surface area contributed by atoms with E-state index >= 15 is 0 Å². The van der Waals surface area contributed by atoms with Crippen molar-refractivity contribution in [3.63, 3.8) is 0 Å². The van der Waals surface area contributed by atoms with E-state index < -0.39 is 0 Å². The lowest BCUT2D eigenvalue weighted by atomic mass is 10.1. The summed E-state index contributed by atoms with van der Waals surface area (Å²) in [4.78, 5) is 12.2. The Kier molecular flexibility index (Phi) is 4.25. The lowest BCUT2D eigenvalue weighted by Gasteiger charge is -2.01. The highest BCUT2D eigenvalue weighted by atomic mass is 35.5. The summed E-state index contributed by atoms with van der Waals surface area (Å²) in [5.74, 6) is 1.06. The molecule has 1 amide bonds. The highest BCUT2D eigenvalue weighted by Gasteiger charge is 2.60. The number of ether oxygens (including phenoxy) is 2. The summed E-state index contributed by atoms with van der Waals surface area (Å²) >= 11 is 11.4. The molecule has 23 heavy (non-hydrogen) atoms. The molecule has 1 saturated carbocycles. The highest BCUT2D eigenvalue weighted by Crippen LogP contribution is 2.59. The largest absolute Gasteiger partial charge is 0.454 e. The number of halogens is 2. The Balaban J connectivity index is 1.60. The number of nitrogens with zero attached hydrogens (tertiary/aromatic N) is 1. The summed E-state index contributed by atoms with van der Waals surface area (Å²) in [5.41, 5.74) is 3.20. The molecule has 1 aromatic rings. The Labute approximate surface area is 144 Å². The molecule has 1 fully saturated rings. The highest BCUT2D eigenvalue weighted by molar-refractivity contribution is 6.55. The molecule has 5 nitrogen and oxygen atoms in total. The Morgan fingerprint density at radius 3 is 2.83 bits per heavy atom. The van der Waals surface area contributed by atoms with E-state index in [2.05, 4.69) is 10.5 Å². The van der Waals surface area contributed by atoms with Gasteiger partial charge in [0.25, 0.3) is 0 Å². The van der Waals surface area contributed by atoms with Gasteiger partial charge in [0.15, 0.2) is 11.5 Å². The van der Waals surface area contributed by atoms with Crippen molar-refractivity contribution in [2.45, 2.75) is 13.8 Å². The van der Waals surface area contributed by atoms with E-state index in [-0.39, 0.29) is 34.4 Å². The number of benzene rings is 1. The van der Waals surface area contributed by atoms with Crippen molar-refractivity contribution in [1.82, 2.24) is 5.43 Å². The first-order valence-electron chi connectivity index (χ1n) is 7.15. The molecule has 0 saturated heterocycles. The topological polar surface area (TPSA) is 59.9 Å². The zero-order chi connectivity index (χ0) is 16.6. The average molecular weight is 355 g/mol. The molecule has 1 aliphatic heterocycles. The van der Waals surface area contributed by atoms with Crippen LogP contribution >= 0.6 is 23.2 Å². The third-order valence-electron chi connectivity index (χ3n) is 4.28. The summed E-state index contributed by atoms with van der Waals surface area (Å²) in [6, 6.07) is 5.44. The second-order valence-corrected chi connectivity index (χ2v) is 7.14. The summed E-state index contributed by atoms with van der Waals surface area (Å²) in [5, 5.41) is 4.00. The molecule has 0 bridgehead atoms. The standard InChI is InChI=1S/C16H16Cl2N2O3/c1-16(2)10(6-13(17)18)14(16)15(21)20-19-7-9-3-4-11-12(5-9)23-8-22-11/h3-7,10,14H,8H2,1-2H3,(H,20,21)/b19-7-/t10-,14-/m1/s1. The zero-order valence-electron chi connectivity index (χ0n) is 12.7. The Morgan fingerprint density at radius 1 is 1.35 bits per heavy atom. The first-order valence-corrected chi connectivity index (χ1v) is 7.90. The quantitative estimate of drug-likeness (QED) is 0.665. The second kappa shape index (κ2) is 6.06. The molecule has 122 valence electrons. The Hall–Kier alpha value is -1.72. The number of hydrogen-bond donors (Lipinski definition) is 1. The van der Waals surface area contributed by atoms with Crippen LogP contribution in [-0.4, -0.2) is 18.9 Å². The lowest BCUT2D eigenvalue weighted by Crippen LogP contribution is -2.21. The van der Waals surface area contributed by atoms with Crippen LogP contribution in [0, 0.1) is 17.3 Å². The van der Waals surface area contributed by atoms with E-state index in [0.717, 1.165) is 5.56 Å². The molecule has 1 aliphatic carbocycles. The molecule has 0 unspecified atom stereocenters. The fourth-order valence-electron chi connectivity index (χ4n) is 2.86. The minimum atomic E-state index is -0.191. The van der Waals surface area contributed by atoms with Crippen LogP contribution in [0.5, 0.6) is 11.5 Å². The van der Waals surface area contributed by atoms with Crippen molar-refractivity contribution in [3.05, 3.63) is 34.3 Å². The van der Waals surface area contributed by atoms with Gasteiger partial charge in [-0.15, -0.1) is 0 Å². The van der Waals surface area contributed by atoms with Gasteiger partial charge in [0.05, 0.1) is 12.1 Å². The molecule has 0 radical (unpaired) electrons. The minimum absolute atomic E-state index is 0.0215. The molecule has 2 atom stereocenters. The van der Waals surface area contributed by atoms with E-state index in [4.69, 9.17) is 32.7 Å². The van der Waals surface area contributed by atoms with Crippen molar-refractivity contribution in [1.29, 1.82) is 0 Å². The van der Waals surface area contributed by atoms with Crippen LogP contribution in [0.25, 0.3) is 0 Å². The number of hydrazone groups is 1. The summed E-state index contributed by atoms with van der Waals surface area (Å²) < 4.78 is 10.7. The fraction of sp³-hybridized carbons (Fsp3) is 0.375. The van der Waals surface area contributed by atoms with E-state index in [1.165, 1.54) is 0 Å². The molecular formula is C16H16Cl2N2O3. The van der Waals surface area contributed by atoms with Gasteiger partial charge >= 0.3 is 0 Å². The van der Waals surface area contributed by atoms with E-state index in [9.17, 15) is 4.79 Å². The van der Waals surface area contributed by atoms with Gasteiger partial charge in [-0.2, -0.15) is 5.10 Å². The van der Waals surface area contributed by atoms with Gasteiger partial charge in [-0.3, -0.25) is 4.79 Å². The number of allylic oxidation sites excluding steroid dienone is 1. The molecule has 0 spiro atoms. The zero-order valence-corrected chi connectivity index (χ0v) is 14.2. The first-order chi connectivity index (χ1) is 10.9. The first kappa shape index (κ1) is 16.1. The Bertz CT molecular complexity index is 697. The predicted octanol–water partition coefficient (Wildman–Crippen LogP) is 3.46. The fourth-order valence-corrected chi connectivity index (χ4v) is 3.13. The van der Waals surface area contributed by atoms with Crippen LogP contribution in [0.2, 0.25) is 0 Å². The normalized spacial score (nSPS) is 23.7. The number of nitrogens with one attached hydrogen (secondary N) is 1. The van der Waals surface area contributed by atoms with Crippen LogP contribution in [0.15, 0.2) is 33.9 Å². The number of fused-ring (bicyclic) bond motifs is 1. The number of amides is 1. The SMILES string of the molecule is CC1(C)[C@H](C=C(Cl)Cl)[C@@H]1C(=O)N/N=C\c1ccc2c(c1)OCO2. The summed E-state index contributed by atoms with van der Waals surface area (Å²) in [6.07, 6.45) is 3.27. The third kappa shape index (κ3) is 3.31. The number of rotatable bonds is 4. The molecule has 1 aromatic carbocycles. The lowest BCUT2D eigenvalue weighted by molar-refractivity contribution is -0.123. The van der Waals surface area contributed by atoms with E-state index in [0.29, 0.717) is 11.5 Å². The maximum absolute atomic E-state index is 12.2. The predicted molar refractivity (Wildman–Crippen MR) is 88.9 cm³/mol.